The van der Waals surface area contributed by atoms with Gasteiger partial charge in [0.15, 0.2) is 0 Å². The fourth-order valence-corrected chi connectivity index (χ4v) is 2.10. The van der Waals surface area contributed by atoms with E-state index in [1.54, 1.807) is 24.3 Å². The van der Waals surface area contributed by atoms with Crippen molar-refractivity contribution in [2.75, 3.05) is 0 Å². The zero-order valence-electron chi connectivity index (χ0n) is 8.30. The van der Waals surface area contributed by atoms with E-state index in [2.05, 4.69) is 6.07 Å². The van der Waals surface area contributed by atoms with Crippen LogP contribution in [-0.2, 0) is 4.79 Å². The van der Waals surface area contributed by atoms with Crippen LogP contribution < -0.4 is 0 Å². The van der Waals surface area contributed by atoms with Gasteiger partial charge in [-0.15, -0.1) is 11.8 Å². The van der Waals surface area contributed by atoms with Gasteiger partial charge in [0.05, 0.1) is 5.56 Å². The molecule has 0 spiro atoms. The van der Waals surface area contributed by atoms with E-state index in [9.17, 15) is 4.79 Å². The summed E-state index contributed by atoms with van der Waals surface area (Å²) in [6, 6.07) is 9.09. The fourth-order valence-electron chi connectivity index (χ4n) is 1.12. The van der Waals surface area contributed by atoms with Gasteiger partial charge in [0.25, 0.3) is 0 Å². The van der Waals surface area contributed by atoms with Crippen LogP contribution >= 0.6 is 11.8 Å². The minimum Gasteiger partial charge on any atom is -0.480 e. The zero-order valence-corrected chi connectivity index (χ0v) is 9.12. The van der Waals surface area contributed by atoms with Crippen molar-refractivity contribution in [2.24, 2.45) is 0 Å². The van der Waals surface area contributed by atoms with Crippen LogP contribution in [0.25, 0.3) is 0 Å². The first kappa shape index (κ1) is 11.6. The van der Waals surface area contributed by atoms with Crippen LogP contribution in [0.2, 0.25) is 0 Å². The molecule has 0 heterocycles. The third-order valence-corrected chi connectivity index (χ3v) is 3.35. The number of benzene rings is 1. The van der Waals surface area contributed by atoms with Gasteiger partial charge in [0.2, 0.25) is 0 Å². The average Bonchev–Trinajstić information content (AvgIpc) is 2.25. The molecule has 0 saturated heterocycles. The normalized spacial score (nSPS) is 11.7. The minimum atomic E-state index is -0.838. The number of hydrogen-bond acceptors (Lipinski definition) is 3. The van der Waals surface area contributed by atoms with E-state index in [0.29, 0.717) is 12.0 Å². The molecule has 0 saturated carbocycles. The lowest BCUT2D eigenvalue weighted by atomic mass is 10.2. The third kappa shape index (κ3) is 3.00. The fraction of sp³-hybridized carbons (Fsp3) is 0.273. The Morgan fingerprint density at radius 1 is 1.60 bits per heavy atom. The summed E-state index contributed by atoms with van der Waals surface area (Å²) in [6.07, 6.45) is 0.541. The number of nitrogens with zero attached hydrogens (tertiary/aromatic N) is 1. The van der Waals surface area contributed by atoms with E-state index in [1.165, 1.54) is 11.8 Å². The zero-order chi connectivity index (χ0) is 11.3. The second kappa shape index (κ2) is 5.42. The van der Waals surface area contributed by atoms with Crippen molar-refractivity contribution < 1.29 is 9.90 Å². The summed E-state index contributed by atoms with van der Waals surface area (Å²) in [5, 5.41) is 17.2. The molecule has 0 bridgehead atoms. The molecule has 0 aromatic heterocycles. The number of carboxylic acid groups (broad SMARTS) is 1. The van der Waals surface area contributed by atoms with Crippen LogP contribution in [0.5, 0.6) is 0 Å². The molecule has 1 aromatic rings. The number of carboxylic acids is 1. The smallest absolute Gasteiger partial charge is 0.316 e. The highest BCUT2D eigenvalue weighted by Gasteiger charge is 2.17. The summed E-state index contributed by atoms with van der Waals surface area (Å²) in [5.74, 6) is -0.838. The van der Waals surface area contributed by atoms with Gasteiger partial charge in [0, 0.05) is 4.90 Å². The van der Waals surface area contributed by atoms with Crippen LogP contribution in [-0.4, -0.2) is 16.3 Å². The summed E-state index contributed by atoms with van der Waals surface area (Å²) >= 11 is 1.23. The number of thioether (sulfide) groups is 1. The lowest BCUT2D eigenvalue weighted by molar-refractivity contribution is -0.136. The number of carbonyl (C=O) groups is 1. The molecule has 1 rings (SSSR count). The summed E-state index contributed by atoms with van der Waals surface area (Å²) in [4.78, 5) is 11.6. The Balaban J connectivity index is 2.89. The van der Waals surface area contributed by atoms with Crippen LogP contribution in [0.4, 0.5) is 0 Å². The predicted octanol–water partition coefficient (Wildman–Crippen LogP) is 2.51. The molecule has 1 unspecified atom stereocenters. The maximum absolute atomic E-state index is 10.8. The Kier molecular flexibility index (Phi) is 4.19. The topological polar surface area (TPSA) is 61.1 Å². The maximum Gasteiger partial charge on any atom is 0.316 e. The van der Waals surface area contributed by atoms with Crippen molar-refractivity contribution >= 4 is 17.7 Å². The van der Waals surface area contributed by atoms with Gasteiger partial charge in [-0.2, -0.15) is 5.26 Å². The summed E-state index contributed by atoms with van der Waals surface area (Å²) in [7, 11) is 0. The Morgan fingerprint density at radius 2 is 2.27 bits per heavy atom. The SMILES string of the molecule is CCC(Sc1ccccc1C#N)C(=O)O. The third-order valence-electron chi connectivity index (χ3n) is 1.92. The van der Waals surface area contributed by atoms with E-state index < -0.39 is 11.2 Å². The van der Waals surface area contributed by atoms with Crippen molar-refractivity contribution in [1.82, 2.24) is 0 Å². The monoisotopic (exact) mass is 221 g/mol. The Morgan fingerprint density at radius 3 is 2.80 bits per heavy atom. The van der Waals surface area contributed by atoms with Gasteiger partial charge in [-0.05, 0) is 18.6 Å². The Hall–Kier alpha value is -1.47. The summed E-state index contributed by atoms with van der Waals surface area (Å²) < 4.78 is 0. The van der Waals surface area contributed by atoms with Crippen molar-refractivity contribution in [3.63, 3.8) is 0 Å². The highest BCUT2D eigenvalue weighted by molar-refractivity contribution is 8.00. The second-order valence-electron chi connectivity index (χ2n) is 2.96. The largest absolute Gasteiger partial charge is 0.480 e. The van der Waals surface area contributed by atoms with Crippen LogP contribution in [0.1, 0.15) is 18.9 Å². The lowest BCUT2D eigenvalue weighted by Gasteiger charge is -2.09. The number of rotatable bonds is 4. The Bertz CT molecular complexity index is 398. The number of aliphatic carboxylic acids is 1. The predicted molar refractivity (Wildman–Crippen MR) is 58.7 cm³/mol. The lowest BCUT2D eigenvalue weighted by Crippen LogP contribution is -2.14. The van der Waals surface area contributed by atoms with Gasteiger partial charge in [-0.1, -0.05) is 19.1 Å². The average molecular weight is 221 g/mol. The van der Waals surface area contributed by atoms with Crippen molar-refractivity contribution in [1.29, 1.82) is 5.26 Å². The number of nitriles is 1. The highest BCUT2D eigenvalue weighted by atomic mass is 32.2. The van der Waals surface area contributed by atoms with Crippen molar-refractivity contribution in [2.45, 2.75) is 23.5 Å². The number of hydrogen-bond donors (Lipinski definition) is 1. The molecule has 0 aliphatic heterocycles. The first-order chi connectivity index (χ1) is 7.19. The van der Waals surface area contributed by atoms with Gasteiger partial charge in [-0.25, -0.2) is 0 Å². The first-order valence-electron chi connectivity index (χ1n) is 4.57. The molecule has 0 amide bonds. The summed E-state index contributed by atoms with van der Waals surface area (Å²) in [6.45, 7) is 1.82. The standard InChI is InChI=1S/C11H11NO2S/c1-2-9(11(13)14)15-10-6-4-3-5-8(10)7-12/h3-6,9H,2H2,1H3,(H,13,14). The van der Waals surface area contributed by atoms with Crippen LogP contribution in [0.3, 0.4) is 0 Å². The first-order valence-corrected chi connectivity index (χ1v) is 5.45. The molecule has 0 aliphatic rings. The molecular weight excluding hydrogens is 210 g/mol. The van der Waals surface area contributed by atoms with E-state index in [0.717, 1.165) is 4.90 Å². The molecule has 0 aliphatic carbocycles. The van der Waals surface area contributed by atoms with Crippen molar-refractivity contribution in [3.8, 4) is 6.07 Å². The van der Waals surface area contributed by atoms with Crippen LogP contribution in [0, 0.1) is 11.3 Å². The molecule has 1 aromatic carbocycles. The quantitative estimate of drug-likeness (QED) is 0.793. The van der Waals surface area contributed by atoms with Gasteiger partial charge >= 0.3 is 5.97 Å². The van der Waals surface area contributed by atoms with E-state index >= 15 is 0 Å². The second-order valence-corrected chi connectivity index (χ2v) is 4.21. The van der Waals surface area contributed by atoms with Gasteiger partial charge in [-0.3, -0.25) is 4.79 Å². The highest BCUT2D eigenvalue weighted by Crippen LogP contribution is 2.28. The minimum absolute atomic E-state index is 0.487. The van der Waals surface area contributed by atoms with Crippen LogP contribution in [0.15, 0.2) is 29.2 Å². The molecule has 4 heteroatoms. The van der Waals surface area contributed by atoms with E-state index in [4.69, 9.17) is 10.4 Å². The van der Waals surface area contributed by atoms with E-state index in [1.807, 2.05) is 6.92 Å². The molecule has 0 fully saturated rings. The Labute approximate surface area is 92.7 Å². The van der Waals surface area contributed by atoms with Crippen molar-refractivity contribution in [3.05, 3.63) is 29.8 Å². The molecule has 1 N–H and O–H groups in total. The molecular formula is C11H11NO2S. The van der Waals surface area contributed by atoms with Gasteiger partial charge in [0.1, 0.15) is 11.3 Å². The molecule has 15 heavy (non-hydrogen) atoms. The maximum atomic E-state index is 10.8. The summed E-state index contributed by atoms with van der Waals surface area (Å²) in [5.41, 5.74) is 0.530. The van der Waals surface area contributed by atoms with Gasteiger partial charge < -0.3 is 5.11 Å². The van der Waals surface area contributed by atoms with E-state index in [-0.39, 0.29) is 0 Å². The molecule has 3 nitrogen and oxygen atoms in total. The molecule has 1 atom stereocenters. The molecule has 78 valence electrons. The molecule has 0 radical (unpaired) electrons.